The van der Waals surface area contributed by atoms with Crippen molar-refractivity contribution >= 4 is 23.2 Å². The van der Waals surface area contributed by atoms with Gasteiger partial charge in [0, 0.05) is 18.5 Å². The molecule has 1 aliphatic heterocycles. The topological polar surface area (TPSA) is 70.5 Å². The molecule has 0 radical (unpaired) electrons. The van der Waals surface area contributed by atoms with Crippen molar-refractivity contribution < 1.29 is 14.7 Å². The van der Waals surface area contributed by atoms with Gasteiger partial charge in [-0.2, -0.15) is 0 Å². The number of carboxylic acid groups (broad SMARTS) is 1. The summed E-state index contributed by atoms with van der Waals surface area (Å²) in [6.07, 6.45) is 1.06. The van der Waals surface area contributed by atoms with Gasteiger partial charge in [0.15, 0.2) is 0 Å². The highest BCUT2D eigenvalue weighted by Crippen LogP contribution is 2.19. The maximum atomic E-state index is 12.0. The summed E-state index contributed by atoms with van der Waals surface area (Å²) in [6, 6.07) is 0. The summed E-state index contributed by atoms with van der Waals surface area (Å²) < 4.78 is 0. The Hall–Kier alpha value is -1.43. The second-order valence-corrected chi connectivity index (χ2v) is 5.22. The van der Waals surface area contributed by atoms with Crippen molar-refractivity contribution in [2.75, 3.05) is 13.1 Å². The highest BCUT2D eigenvalue weighted by atomic mass is 32.1. The molecule has 1 aromatic rings. The number of aliphatic carboxylic acids is 1. The number of thiazole rings is 1. The number of amides is 1. The third-order valence-corrected chi connectivity index (χ3v) is 3.74. The highest BCUT2D eigenvalue weighted by molar-refractivity contribution is 7.09. The minimum atomic E-state index is -0.762. The Labute approximate surface area is 103 Å². The van der Waals surface area contributed by atoms with Gasteiger partial charge < -0.3 is 10.0 Å². The minimum Gasteiger partial charge on any atom is -0.481 e. The van der Waals surface area contributed by atoms with Crippen molar-refractivity contribution in [2.24, 2.45) is 5.92 Å². The molecule has 1 aromatic heterocycles. The van der Waals surface area contributed by atoms with Crippen molar-refractivity contribution in [3.05, 3.63) is 16.1 Å². The first-order valence-electron chi connectivity index (χ1n) is 5.52. The van der Waals surface area contributed by atoms with E-state index in [0.29, 0.717) is 31.6 Å². The fourth-order valence-electron chi connectivity index (χ4n) is 1.95. The van der Waals surface area contributed by atoms with Gasteiger partial charge in [-0.3, -0.25) is 9.59 Å². The fraction of sp³-hybridized carbons (Fsp3) is 0.545. The zero-order valence-electron chi connectivity index (χ0n) is 9.55. The van der Waals surface area contributed by atoms with Crippen molar-refractivity contribution in [3.8, 4) is 0 Å². The lowest BCUT2D eigenvalue weighted by Gasteiger charge is -2.29. The monoisotopic (exact) mass is 254 g/mol. The molecule has 2 heterocycles. The van der Waals surface area contributed by atoms with Crippen molar-refractivity contribution in [1.29, 1.82) is 0 Å². The van der Waals surface area contributed by atoms with E-state index in [1.54, 1.807) is 10.3 Å². The average molecular weight is 254 g/mol. The number of carbonyl (C=O) groups excluding carboxylic acids is 1. The van der Waals surface area contributed by atoms with E-state index >= 15 is 0 Å². The average Bonchev–Trinajstić information content (AvgIpc) is 2.75. The van der Waals surface area contributed by atoms with E-state index in [1.165, 1.54) is 11.3 Å². The summed E-state index contributed by atoms with van der Waals surface area (Å²) >= 11 is 1.45. The molecule has 1 amide bonds. The molecule has 0 saturated carbocycles. The fourth-order valence-corrected chi connectivity index (χ4v) is 2.54. The van der Waals surface area contributed by atoms with E-state index in [2.05, 4.69) is 4.98 Å². The first kappa shape index (κ1) is 12.0. The van der Waals surface area contributed by atoms with Gasteiger partial charge >= 0.3 is 5.97 Å². The quantitative estimate of drug-likeness (QED) is 0.865. The number of hydrogen-bond acceptors (Lipinski definition) is 4. The maximum Gasteiger partial charge on any atom is 0.306 e. The third kappa shape index (κ3) is 2.63. The van der Waals surface area contributed by atoms with E-state index in [4.69, 9.17) is 5.11 Å². The van der Waals surface area contributed by atoms with Gasteiger partial charge in [0.2, 0.25) is 0 Å². The Morgan fingerprint density at radius 3 is 2.59 bits per heavy atom. The van der Waals surface area contributed by atoms with Crippen LogP contribution in [-0.2, 0) is 4.79 Å². The van der Waals surface area contributed by atoms with E-state index in [0.717, 1.165) is 5.01 Å². The zero-order chi connectivity index (χ0) is 12.4. The molecule has 0 spiro atoms. The molecule has 5 nitrogen and oxygen atoms in total. The number of likely N-dealkylation sites (tertiary alicyclic amines) is 1. The summed E-state index contributed by atoms with van der Waals surface area (Å²) in [5.74, 6) is -1.16. The molecule has 2 rings (SSSR count). The van der Waals surface area contributed by atoms with Gasteiger partial charge in [0.1, 0.15) is 5.69 Å². The van der Waals surface area contributed by atoms with Crippen LogP contribution in [0.25, 0.3) is 0 Å². The van der Waals surface area contributed by atoms with E-state index in [9.17, 15) is 9.59 Å². The number of piperidine rings is 1. The Morgan fingerprint density at radius 1 is 1.47 bits per heavy atom. The van der Waals surface area contributed by atoms with E-state index in [1.807, 2.05) is 6.92 Å². The molecular formula is C11H14N2O3S. The first-order chi connectivity index (χ1) is 8.08. The SMILES string of the molecule is Cc1nc(C(=O)N2CCC(C(=O)O)CC2)cs1. The van der Waals surface area contributed by atoms with Crippen LogP contribution in [0.15, 0.2) is 5.38 Å². The lowest BCUT2D eigenvalue weighted by Crippen LogP contribution is -2.40. The van der Waals surface area contributed by atoms with Crippen LogP contribution >= 0.6 is 11.3 Å². The molecule has 1 aliphatic rings. The Kier molecular flexibility index (Phi) is 3.42. The van der Waals surface area contributed by atoms with Gasteiger partial charge in [-0.1, -0.05) is 0 Å². The molecule has 1 saturated heterocycles. The number of aryl methyl sites for hydroxylation is 1. The molecule has 0 bridgehead atoms. The molecule has 0 atom stereocenters. The van der Waals surface area contributed by atoms with Crippen LogP contribution in [-0.4, -0.2) is 40.0 Å². The summed E-state index contributed by atoms with van der Waals surface area (Å²) in [7, 11) is 0. The van der Waals surface area contributed by atoms with Gasteiger partial charge in [-0.25, -0.2) is 4.98 Å². The van der Waals surface area contributed by atoms with Crippen LogP contribution < -0.4 is 0 Å². The normalized spacial score (nSPS) is 17.1. The maximum absolute atomic E-state index is 12.0. The molecule has 1 fully saturated rings. The lowest BCUT2D eigenvalue weighted by atomic mass is 9.97. The molecule has 0 unspecified atom stereocenters. The lowest BCUT2D eigenvalue weighted by molar-refractivity contribution is -0.143. The van der Waals surface area contributed by atoms with Gasteiger partial charge in [0.25, 0.3) is 5.91 Å². The second-order valence-electron chi connectivity index (χ2n) is 4.16. The van der Waals surface area contributed by atoms with Gasteiger partial charge in [-0.15, -0.1) is 11.3 Å². The van der Waals surface area contributed by atoms with Crippen LogP contribution in [0, 0.1) is 12.8 Å². The van der Waals surface area contributed by atoms with E-state index < -0.39 is 5.97 Å². The largest absolute Gasteiger partial charge is 0.481 e. The van der Waals surface area contributed by atoms with Crippen molar-refractivity contribution in [3.63, 3.8) is 0 Å². The number of rotatable bonds is 2. The van der Waals surface area contributed by atoms with Crippen LogP contribution in [0.4, 0.5) is 0 Å². The Morgan fingerprint density at radius 2 is 2.12 bits per heavy atom. The van der Waals surface area contributed by atoms with Crippen LogP contribution in [0.3, 0.4) is 0 Å². The molecule has 0 aliphatic carbocycles. The predicted molar refractivity (Wildman–Crippen MR) is 63.1 cm³/mol. The zero-order valence-corrected chi connectivity index (χ0v) is 10.4. The number of carboxylic acids is 1. The number of carbonyl (C=O) groups is 2. The Balaban J connectivity index is 1.97. The number of hydrogen-bond donors (Lipinski definition) is 1. The van der Waals surface area contributed by atoms with Crippen molar-refractivity contribution in [1.82, 2.24) is 9.88 Å². The standard InChI is InChI=1S/C11H14N2O3S/c1-7-12-9(6-17-7)10(14)13-4-2-8(3-5-13)11(15)16/h6,8H,2-5H2,1H3,(H,15,16). The minimum absolute atomic E-state index is 0.0850. The van der Waals surface area contributed by atoms with Crippen LogP contribution in [0.1, 0.15) is 28.3 Å². The third-order valence-electron chi connectivity index (χ3n) is 2.97. The molecule has 92 valence electrons. The summed E-state index contributed by atoms with van der Waals surface area (Å²) in [5.41, 5.74) is 0.473. The number of nitrogens with zero attached hydrogens (tertiary/aromatic N) is 2. The predicted octanol–water partition coefficient (Wildman–Crippen LogP) is 1.39. The van der Waals surface area contributed by atoms with Crippen LogP contribution in [0.5, 0.6) is 0 Å². The van der Waals surface area contributed by atoms with Gasteiger partial charge in [-0.05, 0) is 19.8 Å². The summed E-state index contributed by atoms with van der Waals surface area (Å²) in [6.45, 7) is 2.87. The second kappa shape index (κ2) is 4.83. The molecule has 1 N–H and O–H groups in total. The summed E-state index contributed by atoms with van der Waals surface area (Å²) in [4.78, 5) is 28.6. The van der Waals surface area contributed by atoms with Crippen molar-refractivity contribution in [2.45, 2.75) is 19.8 Å². The molecule has 6 heteroatoms. The van der Waals surface area contributed by atoms with Gasteiger partial charge in [0.05, 0.1) is 10.9 Å². The molecule has 0 aromatic carbocycles. The molecule has 17 heavy (non-hydrogen) atoms. The Bertz CT molecular complexity index is 436. The summed E-state index contributed by atoms with van der Waals surface area (Å²) in [5, 5.41) is 11.5. The van der Waals surface area contributed by atoms with E-state index in [-0.39, 0.29) is 11.8 Å². The molecular weight excluding hydrogens is 240 g/mol. The highest BCUT2D eigenvalue weighted by Gasteiger charge is 2.28. The van der Waals surface area contributed by atoms with Crippen LogP contribution in [0.2, 0.25) is 0 Å². The smallest absolute Gasteiger partial charge is 0.306 e. The first-order valence-corrected chi connectivity index (χ1v) is 6.40. The number of aromatic nitrogens is 1.